The van der Waals surface area contributed by atoms with E-state index in [4.69, 9.17) is 9.47 Å². The van der Waals surface area contributed by atoms with Gasteiger partial charge in [0.05, 0.1) is 13.2 Å². The van der Waals surface area contributed by atoms with Gasteiger partial charge in [-0.25, -0.2) is 0 Å². The molecule has 0 aliphatic rings. The maximum atomic E-state index is 5.45. The van der Waals surface area contributed by atoms with Crippen LogP contribution in [0.2, 0.25) is 0 Å². The van der Waals surface area contributed by atoms with E-state index >= 15 is 0 Å². The van der Waals surface area contributed by atoms with Crippen LogP contribution in [0.3, 0.4) is 0 Å². The first-order chi connectivity index (χ1) is 10.8. The van der Waals surface area contributed by atoms with Gasteiger partial charge in [0.15, 0.2) is 5.96 Å². The number of hydrogen-bond donors (Lipinski definition) is 1. The second-order valence-electron chi connectivity index (χ2n) is 4.95. The van der Waals surface area contributed by atoms with Crippen LogP contribution in [0.5, 0.6) is 0 Å². The van der Waals surface area contributed by atoms with E-state index in [-0.39, 0.29) is 0 Å². The summed E-state index contributed by atoms with van der Waals surface area (Å²) in [6, 6.07) is 4.28. The number of nitrogens with one attached hydrogen (secondary N) is 1. The Balaban J connectivity index is 2.27. The van der Waals surface area contributed by atoms with Crippen molar-refractivity contribution in [2.75, 3.05) is 53.6 Å². The van der Waals surface area contributed by atoms with Crippen LogP contribution in [0.25, 0.3) is 0 Å². The number of aliphatic imine (C=N–C) groups is 1. The first-order valence-corrected chi connectivity index (χ1v) is 8.74. The Bertz CT molecular complexity index is 396. The Kier molecular flexibility index (Phi) is 10.7. The second-order valence-corrected chi connectivity index (χ2v) is 5.98. The molecular formula is C16H29N3O2S. The second kappa shape index (κ2) is 12.4. The zero-order valence-electron chi connectivity index (χ0n) is 14.0. The van der Waals surface area contributed by atoms with E-state index < -0.39 is 0 Å². The van der Waals surface area contributed by atoms with Crippen molar-refractivity contribution in [3.8, 4) is 0 Å². The zero-order valence-corrected chi connectivity index (χ0v) is 14.8. The van der Waals surface area contributed by atoms with Gasteiger partial charge >= 0.3 is 0 Å². The van der Waals surface area contributed by atoms with E-state index in [1.807, 2.05) is 11.3 Å². The SMILES string of the molecule is CCNC(=NCCCOCCOC)N(C)CCc1cccs1. The minimum absolute atomic E-state index is 0.650. The van der Waals surface area contributed by atoms with Gasteiger partial charge in [-0.15, -0.1) is 11.3 Å². The molecule has 0 unspecified atom stereocenters. The summed E-state index contributed by atoms with van der Waals surface area (Å²) in [5, 5.41) is 5.47. The number of thiophene rings is 1. The zero-order chi connectivity index (χ0) is 16.0. The van der Waals surface area contributed by atoms with Gasteiger partial charge in [0.25, 0.3) is 0 Å². The molecule has 0 saturated carbocycles. The Morgan fingerprint density at radius 2 is 2.23 bits per heavy atom. The van der Waals surface area contributed by atoms with Crippen molar-refractivity contribution in [1.82, 2.24) is 10.2 Å². The third kappa shape index (κ3) is 8.36. The molecule has 22 heavy (non-hydrogen) atoms. The van der Waals surface area contributed by atoms with E-state index in [0.717, 1.165) is 45.0 Å². The normalized spacial score (nSPS) is 11.7. The van der Waals surface area contributed by atoms with E-state index in [2.05, 4.69) is 46.7 Å². The van der Waals surface area contributed by atoms with Crippen LogP contribution < -0.4 is 5.32 Å². The average molecular weight is 327 g/mol. The van der Waals surface area contributed by atoms with Crippen LogP contribution in [-0.2, 0) is 15.9 Å². The molecule has 1 heterocycles. The molecule has 0 aromatic carbocycles. The summed E-state index contributed by atoms with van der Waals surface area (Å²) in [6.07, 6.45) is 1.98. The summed E-state index contributed by atoms with van der Waals surface area (Å²) in [7, 11) is 3.77. The summed E-state index contributed by atoms with van der Waals surface area (Å²) >= 11 is 1.81. The number of guanidine groups is 1. The summed E-state index contributed by atoms with van der Waals surface area (Å²) in [6.45, 7) is 6.75. The van der Waals surface area contributed by atoms with Gasteiger partial charge in [-0.1, -0.05) is 6.07 Å². The highest BCUT2D eigenvalue weighted by molar-refractivity contribution is 7.09. The van der Waals surface area contributed by atoms with Crippen LogP contribution in [0.1, 0.15) is 18.2 Å². The lowest BCUT2D eigenvalue weighted by Crippen LogP contribution is -2.40. The average Bonchev–Trinajstić information content (AvgIpc) is 3.04. The Morgan fingerprint density at radius 1 is 1.36 bits per heavy atom. The fraction of sp³-hybridized carbons (Fsp3) is 0.688. The van der Waals surface area contributed by atoms with Crippen molar-refractivity contribution in [1.29, 1.82) is 0 Å². The lowest BCUT2D eigenvalue weighted by atomic mass is 10.3. The van der Waals surface area contributed by atoms with Gasteiger partial charge in [0, 0.05) is 45.3 Å². The third-order valence-corrected chi connectivity index (χ3v) is 4.05. The number of rotatable bonds is 11. The highest BCUT2D eigenvalue weighted by Crippen LogP contribution is 2.09. The number of ether oxygens (including phenoxy) is 2. The molecule has 0 saturated heterocycles. The number of likely N-dealkylation sites (N-methyl/N-ethyl adjacent to an activating group) is 1. The first kappa shape index (κ1) is 18.9. The maximum Gasteiger partial charge on any atom is 0.193 e. The van der Waals surface area contributed by atoms with Crippen molar-refractivity contribution in [3.05, 3.63) is 22.4 Å². The van der Waals surface area contributed by atoms with Crippen LogP contribution >= 0.6 is 11.3 Å². The summed E-state index contributed by atoms with van der Waals surface area (Å²) in [4.78, 5) is 8.26. The lowest BCUT2D eigenvalue weighted by Gasteiger charge is -2.21. The van der Waals surface area contributed by atoms with Crippen molar-refractivity contribution in [2.24, 2.45) is 4.99 Å². The molecule has 0 radical (unpaired) electrons. The van der Waals surface area contributed by atoms with Crippen molar-refractivity contribution in [2.45, 2.75) is 19.8 Å². The van der Waals surface area contributed by atoms with E-state index in [1.54, 1.807) is 7.11 Å². The molecule has 0 spiro atoms. The number of hydrogen-bond acceptors (Lipinski definition) is 4. The first-order valence-electron chi connectivity index (χ1n) is 7.86. The lowest BCUT2D eigenvalue weighted by molar-refractivity contribution is 0.0702. The largest absolute Gasteiger partial charge is 0.382 e. The summed E-state index contributed by atoms with van der Waals surface area (Å²) < 4.78 is 10.4. The minimum atomic E-state index is 0.650. The Hall–Kier alpha value is -1.11. The molecule has 0 fully saturated rings. The van der Waals surface area contributed by atoms with Gasteiger partial charge < -0.3 is 19.7 Å². The third-order valence-electron chi connectivity index (χ3n) is 3.11. The van der Waals surface area contributed by atoms with Gasteiger partial charge in [-0.05, 0) is 31.2 Å². The molecular weight excluding hydrogens is 298 g/mol. The molecule has 0 aliphatic carbocycles. The molecule has 0 atom stereocenters. The summed E-state index contributed by atoms with van der Waals surface area (Å²) in [5.74, 6) is 0.968. The minimum Gasteiger partial charge on any atom is -0.382 e. The quantitative estimate of drug-likeness (QED) is 0.385. The van der Waals surface area contributed by atoms with Crippen molar-refractivity contribution < 1.29 is 9.47 Å². The van der Waals surface area contributed by atoms with E-state index in [0.29, 0.717) is 13.2 Å². The molecule has 1 rings (SSSR count). The highest BCUT2D eigenvalue weighted by Gasteiger charge is 2.05. The number of methoxy groups -OCH3 is 1. The molecule has 0 aliphatic heterocycles. The summed E-state index contributed by atoms with van der Waals surface area (Å²) in [5.41, 5.74) is 0. The van der Waals surface area contributed by atoms with Crippen molar-refractivity contribution in [3.63, 3.8) is 0 Å². The standard InChI is InChI=1S/C16H29N3O2S/c1-4-17-16(18-9-6-11-21-13-12-20-3)19(2)10-8-15-7-5-14-22-15/h5,7,14H,4,6,8-13H2,1-3H3,(H,17,18). The maximum absolute atomic E-state index is 5.45. The molecule has 1 aromatic heterocycles. The fourth-order valence-electron chi connectivity index (χ4n) is 1.90. The molecule has 6 heteroatoms. The molecule has 5 nitrogen and oxygen atoms in total. The van der Waals surface area contributed by atoms with E-state index in [9.17, 15) is 0 Å². The molecule has 0 amide bonds. The van der Waals surface area contributed by atoms with E-state index in [1.165, 1.54) is 4.88 Å². The van der Waals surface area contributed by atoms with Gasteiger partial charge in [0.1, 0.15) is 0 Å². The van der Waals surface area contributed by atoms with Crippen LogP contribution in [0.15, 0.2) is 22.5 Å². The Labute approximate surface area is 138 Å². The van der Waals surface area contributed by atoms with Gasteiger partial charge in [0.2, 0.25) is 0 Å². The smallest absolute Gasteiger partial charge is 0.193 e. The topological polar surface area (TPSA) is 46.1 Å². The van der Waals surface area contributed by atoms with Gasteiger partial charge in [-0.3, -0.25) is 4.99 Å². The predicted molar refractivity (Wildman–Crippen MR) is 93.9 cm³/mol. The fourth-order valence-corrected chi connectivity index (χ4v) is 2.60. The van der Waals surface area contributed by atoms with Crippen LogP contribution in [-0.4, -0.2) is 64.5 Å². The van der Waals surface area contributed by atoms with Gasteiger partial charge in [-0.2, -0.15) is 0 Å². The van der Waals surface area contributed by atoms with Crippen molar-refractivity contribution >= 4 is 17.3 Å². The molecule has 1 aromatic rings. The molecule has 1 N–H and O–H groups in total. The van der Waals surface area contributed by atoms with Crippen LogP contribution in [0, 0.1) is 0 Å². The van der Waals surface area contributed by atoms with Crippen LogP contribution in [0.4, 0.5) is 0 Å². The predicted octanol–water partition coefficient (Wildman–Crippen LogP) is 2.24. The monoisotopic (exact) mass is 327 g/mol. The molecule has 126 valence electrons. The Morgan fingerprint density at radius 3 is 2.91 bits per heavy atom. The molecule has 0 bridgehead atoms. The highest BCUT2D eigenvalue weighted by atomic mass is 32.1. The number of nitrogens with zero attached hydrogens (tertiary/aromatic N) is 2.